The first-order chi connectivity index (χ1) is 15.3. The van der Waals surface area contributed by atoms with Crippen molar-refractivity contribution < 1.29 is 21.6 Å². The van der Waals surface area contributed by atoms with Gasteiger partial charge in [0, 0.05) is 16.4 Å². The number of anilines is 3. The molecule has 0 bridgehead atoms. The quantitative estimate of drug-likeness (QED) is 0.410. The molecule has 0 atom stereocenters. The van der Waals surface area contributed by atoms with E-state index in [1.165, 1.54) is 48.5 Å². The van der Waals surface area contributed by atoms with Crippen LogP contribution in [-0.4, -0.2) is 29.0 Å². The van der Waals surface area contributed by atoms with Crippen LogP contribution in [0.4, 0.5) is 17.1 Å². The topological polar surface area (TPSA) is 121 Å². The van der Waals surface area contributed by atoms with E-state index < -0.39 is 26.0 Å². The first-order valence-electron chi connectivity index (χ1n) is 9.32. The van der Waals surface area contributed by atoms with Crippen LogP contribution in [0.3, 0.4) is 0 Å². The highest BCUT2D eigenvalue weighted by atomic mass is 35.5. The Morgan fingerprint density at radius 2 is 1.45 bits per heavy atom. The number of nitrogens with one attached hydrogen (secondary N) is 3. The monoisotopic (exact) mass is 527 g/mol. The van der Waals surface area contributed by atoms with Crippen molar-refractivity contribution in [1.29, 1.82) is 0 Å². The molecule has 0 aromatic heterocycles. The Labute approximate surface area is 202 Å². The van der Waals surface area contributed by atoms with E-state index in [9.17, 15) is 21.6 Å². The van der Waals surface area contributed by atoms with E-state index in [0.29, 0.717) is 22.0 Å². The molecule has 0 spiro atoms. The maximum absolute atomic E-state index is 12.7. The van der Waals surface area contributed by atoms with Gasteiger partial charge in [-0.15, -0.1) is 0 Å². The molecule has 1 amide bonds. The summed E-state index contributed by atoms with van der Waals surface area (Å²) < 4.78 is 52.8. The van der Waals surface area contributed by atoms with Crippen molar-refractivity contribution in [2.45, 2.75) is 11.8 Å². The number of benzene rings is 3. The van der Waals surface area contributed by atoms with E-state index in [0.717, 1.165) is 6.26 Å². The first kappa shape index (κ1) is 24.8. The molecule has 8 nitrogen and oxygen atoms in total. The van der Waals surface area contributed by atoms with Crippen LogP contribution in [0.15, 0.2) is 65.6 Å². The SMILES string of the molecule is Cc1ccc(Cl)cc1NS(=O)(=O)c1ccc(NC(=O)c2ccc(NS(C)(=O)=O)cc2Cl)cc1. The number of sulfonamides is 2. The Balaban J connectivity index is 1.74. The van der Waals surface area contributed by atoms with E-state index >= 15 is 0 Å². The maximum atomic E-state index is 12.7. The number of carbonyl (C=O) groups is 1. The van der Waals surface area contributed by atoms with Crippen LogP contribution in [-0.2, 0) is 20.0 Å². The molecule has 0 heterocycles. The van der Waals surface area contributed by atoms with Gasteiger partial charge in [0.25, 0.3) is 15.9 Å². The molecule has 0 saturated heterocycles. The zero-order valence-corrected chi connectivity index (χ0v) is 20.5. The Morgan fingerprint density at radius 3 is 2.06 bits per heavy atom. The Bertz CT molecular complexity index is 1420. The molecule has 0 aliphatic heterocycles. The van der Waals surface area contributed by atoms with Gasteiger partial charge in [0.1, 0.15) is 0 Å². The van der Waals surface area contributed by atoms with Gasteiger partial charge in [-0.05, 0) is 67.1 Å². The van der Waals surface area contributed by atoms with Crippen LogP contribution in [0.5, 0.6) is 0 Å². The summed E-state index contributed by atoms with van der Waals surface area (Å²) in [5, 5.41) is 3.06. The van der Waals surface area contributed by atoms with Gasteiger partial charge in [-0.2, -0.15) is 0 Å². The van der Waals surface area contributed by atoms with Gasteiger partial charge < -0.3 is 5.32 Å². The average molecular weight is 528 g/mol. The number of amides is 1. The summed E-state index contributed by atoms with van der Waals surface area (Å²) in [6.45, 7) is 1.75. The number of hydrogen-bond acceptors (Lipinski definition) is 5. The van der Waals surface area contributed by atoms with E-state index in [2.05, 4.69) is 14.8 Å². The molecule has 0 fully saturated rings. The van der Waals surface area contributed by atoms with E-state index in [-0.39, 0.29) is 21.2 Å². The number of aryl methyl sites for hydroxylation is 1. The molecule has 3 aromatic rings. The molecule has 33 heavy (non-hydrogen) atoms. The summed E-state index contributed by atoms with van der Waals surface area (Å²) in [6.07, 6.45) is 0.997. The molecule has 0 aliphatic rings. The van der Waals surface area contributed by atoms with Gasteiger partial charge in [0.2, 0.25) is 10.0 Å². The van der Waals surface area contributed by atoms with Gasteiger partial charge >= 0.3 is 0 Å². The Hall–Kier alpha value is -2.79. The van der Waals surface area contributed by atoms with Crippen molar-refractivity contribution in [3.8, 4) is 0 Å². The molecular weight excluding hydrogens is 509 g/mol. The molecule has 174 valence electrons. The summed E-state index contributed by atoms with van der Waals surface area (Å²) in [7, 11) is -7.36. The lowest BCUT2D eigenvalue weighted by atomic mass is 10.2. The lowest BCUT2D eigenvalue weighted by Gasteiger charge is -2.12. The fourth-order valence-corrected chi connectivity index (χ4v) is 4.92. The van der Waals surface area contributed by atoms with E-state index in [1.807, 2.05) is 0 Å². The van der Waals surface area contributed by atoms with Crippen LogP contribution in [0, 0.1) is 6.92 Å². The van der Waals surface area contributed by atoms with E-state index in [4.69, 9.17) is 23.2 Å². The lowest BCUT2D eigenvalue weighted by molar-refractivity contribution is 0.102. The smallest absolute Gasteiger partial charge is 0.261 e. The first-order valence-corrected chi connectivity index (χ1v) is 13.4. The number of hydrogen-bond donors (Lipinski definition) is 3. The van der Waals surface area contributed by atoms with Crippen molar-refractivity contribution in [2.24, 2.45) is 0 Å². The second kappa shape index (κ2) is 9.60. The predicted octanol–water partition coefficient (Wildman–Crippen LogP) is 4.73. The molecule has 3 rings (SSSR count). The fourth-order valence-electron chi connectivity index (χ4n) is 2.80. The molecule has 0 unspecified atom stereocenters. The minimum absolute atomic E-state index is 0.00545. The van der Waals surface area contributed by atoms with Gasteiger partial charge in [-0.3, -0.25) is 14.2 Å². The number of rotatable bonds is 7. The maximum Gasteiger partial charge on any atom is 0.261 e. The summed E-state index contributed by atoms with van der Waals surface area (Å²) >= 11 is 12.1. The van der Waals surface area contributed by atoms with E-state index in [1.54, 1.807) is 19.1 Å². The van der Waals surface area contributed by atoms with Crippen molar-refractivity contribution in [1.82, 2.24) is 0 Å². The molecule has 0 aliphatic carbocycles. The van der Waals surface area contributed by atoms with Gasteiger partial charge in [-0.25, -0.2) is 16.8 Å². The molecule has 0 radical (unpaired) electrons. The second-order valence-corrected chi connectivity index (χ2v) is 11.4. The van der Waals surface area contributed by atoms with Crippen molar-refractivity contribution in [3.05, 3.63) is 81.8 Å². The summed E-state index contributed by atoms with van der Waals surface area (Å²) in [6, 6.07) is 14.5. The third kappa shape index (κ3) is 6.61. The molecule has 0 saturated carbocycles. The van der Waals surface area contributed by atoms with Gasteiger partial charge in [0.05, 0.1) is 27.4 Å². The highest BCUT2D eigenvalue weighted by Crippen LogP contribution is 2.25. The van der Waals surface area contributed by atoms with Crippen molar-refractivity contribution in [2.75, 3.05) is 21.0 Å². The van der Waals surface area contributed by atoms with Crippen LogP contribution in [0.1, 0.15) is 15.9 Å². The third-order valence-corrected chi connectivity index (χ3v) is 6.92. The molecule has 3 N–H and O–H groups in total. The Morgan fingerprint density at radius 1 is 0.818 bits per heavy atom. The summed E-state index contributed by atoms with van der Waals surface area (Å²) in [5.41, 5.74) is 1.75. The van der Waals surface area contributed by atoms with Crippen LogP contribution in [0.25, 0.3) is 0 Å². The Kier molecular flexibility index (Phi) is 7.23. The van der Waals surface area contributed by atoms with Gasteiger partial charge in [0.15, 0.2) is 0 Å². The standard InChI is InChI=1S/C21H19Cl2N3O5S2/c1-13-3-4-14(22)11-20(13)26-33(30,31)17-8-5-15(6-9-17)24-21(27)18-10-7-16(12-19(18)23)25-32(2,28)29/h3-12,25-26H,1-2H3,(H,24,27). The predicted molar refractivity (Wildman–Crippen MR) is 131 cm³/mol. The summed E-state index contributed by atoms with van der Waals surface area (Å²) in [4.78, 5) is 12.5. The number of carbonyl (C=O) groups excluding carboxylic acids is 1. The minimum atomic E-state index is -3.88. The zero-order valence-electron chi connectivity index (χ0n) is 17.4. The van der Waals surface area contributed by atoms with Crippen molar-refractivity contribution >= 4 is 66.2 Å². The largest absolute Gasteiger partial charge is 0.322 e. The lowest BCUT2D eigenvalue weighted by Crippen LogP contribution is -2.15. The van der Waals surface area contributed by atoms with Crippen LogP contribution >= 0.6 is 23.2 Å². The highest BCUT2D eigenvalue weighted by molar-refractivity contribution is 7.92. The second-order valence-electron chi connectivity index (χ2n) is 7.11. The average Bonchev–Trinajstić information content (AvgIpc) is 2.69. The van der Waals surface area contributed by atoms with Crippen LogP contribution in [0.2, 0.25) is 10.0 Å². The number of halogens is 2. The zero-order chi connectivity index (χ0) is 24.4. The van der Waals surface area contributed by atoms with Crippen molar-refractivity contribution in [3.63, 3.8) is 0 Å². The van der Waals surface area contributed by atoms with Crippen LogP contribution < -0.4 is 14.8 Å². The summed E-state index contributed by atoms with van der Waals surface area (Å²) in [5.74, 6) is -0.547. The highest BCUT2D eigenvalue weighted by Gasteiger charge is 2.17. The van der Waals surface area contributed by atoms with Gasteiger partial charge in [-0.1, -0.05) is 29.3 Å². The fraction of sp³-hybridized carbons (Fsp3) is 0.0952. The normalized spacial score (nSPS) is 11.6. The third-order valence-electron chi connectivity index (χ3n) is 4.38. The molecule has 12 heteroatoms. The molecular formula is C21H19Cl2N3O5S2. The molecule has 3 aromatic carbocycles. The minimum Gasteiger partial charge on any atom is -0.322 e.